The van der Waals surface area contributed by atoms with Crippen LogP contribution >= 0.6 is 0 Å². The molecule has 3 aromatic rings. The third-order valence-electron chi connectivity index (χ3n) is 3.90. The van der Waals surface area contributed by atoms with Gasteiger partial charge in [0.25, 0.3) is 10.0 Å². The van der Waals surface area contributed by atoms with E-state index in [9.17, 15) is 23.4 Å². The highest BCUT2D eigenvalue weighted by Crippen LogP contribution is 2.28. The monoisotopic (exact) mass is 395 g/mol. The summed E-state index contributed by atoms with van der Waals surface area (Å²) in [5, 5.41) is 19.4. The number of hydrogen-bond acceptors (Lipinski definition) is 5. The van der Waals surface area contributed by atoms with Crippen LogP contribution in [0.5, 0.6) is 11.5 Å². The predicted molar refractivity (Wildman–Crippen MR) is 107 cm³/mol. The lowest BCUT2D eigenvalue weighted by Crippen LogP contribution is -2.12. The summed E-state index contributed by atoms with van der Waals surface area (Å²) in [5.74, 6) is -0.517. The van der Waals surface area contributed by atoms with Crippen molar-refractivity contribution in [2.75, 3.05) is 4.72 Å². The van der Waals surface area contributed by atoms with E-state index < -0.39 is 10.0 Å². The number of rotatable bonds is 6. The van der Waals surface area contributed by atoms with Crippen molar-refractivity contribution in [1.82, 2.24) is 0 Å². The Bertz CT molecular complexity index is 1120. The molecule has 3 N–H and O–H groups in total. The maximum atomic E-state index is 12.4. The van der Waals surface area contributed by atoms with Crippen LogP contribution in [0.1, 0.15) is 15.9 Å². The number of phenols is 2. The van der Waals surface area contributed by atoms with Crippen LogP contribution in [0, 0.1) is 0 Å². The lowest BCUT2D eigenvalue weighted by Gasteiger charge is -2.10. The second kappa shape index (κ2) is 7.98. The number of anilines is 1. The second-order valence-corrected chi connectivity index (χ2v) is 7.62. The van der Waals surface area contributed by atoms with Crippen LogP contribution in [0.2, 0.25) is 0 Å². The summed E-state index contributed by atoms with van der Waals surface area (Å²) in [5.41, 5.74) is 1.08. The molecular weight excluding hydrogens is 378 g/mol. The minimum absolute atomic E-state index is 0.000360. The Morgan fingerprint density at radius 2 is 1.57 bits per heavy atom. The van der Waals surface area contributed by atoms with E-state index in [2.05, 4.69) is 4.72 Å². The molecule has 7 heteroatoms. The number of ketones is 1. The Kier molecular flexibility index (Phi) is 5.47. The molecule has 0 heterocycles. The van der Waals surface area contributed by atoms with Gasteiger partial charge in [0, 0.05) is 5.56 Å². The first-order chi connectivity index (χ1) is 13.3. The van der Waals surface area contributed by atoms with Gasteiger partial charge < -0.3 is 10.2 Å². The molecule has 0 atom stereocenters. The molecule has 0 spiro atoms. The van der Waals surface area contributed by atoms with E-state index in [4.69, 9.17) is 0 Å². The Hall–Kier alpha value is -3.58. The fourth-order valence-electron chi connectivity index (χ4n) is 2.44. The molecule has 0 saturated carbocycles. The van der Waals surface area contributed by atoms with E-state index >= 15 is 0 Å². The number of hydrogen-bond donors (Lipinski definition) is 3. The fourth-order valence-corrected chi connectivity index (χ4v) is 3.51. The van der Waals surface area contributed by atoms with Crippen LogP contribution in [0.25, 0.3) is 6.08 Å². The average Bonchev–Trinajstić information content (AvgIpc) is 2.69. The maximum Gasteiger partial charge on any atom is 0.262 e. The highest BCUT2D eigenvalue weighted by Gasteiger charge is 2.16. The number of carbonyl (C=O) groups excluding carboxylic acids is 1. The third-order valence-corrected chi connectivity index (χ3v) is 5.28. The zero-order valence-corrected chi connectivity index (χ0v) is 15.4. The van der Waals surface area contributed by atoms with Crippen molar-refractivity contribution in [3.05, 3.63) is 90.0 Å². The summed E-state index contributed by atoms with van der Waals surface area (Å²) in [6, 6.07) is 18.1. The largest absolute Gasteiger partial charge is 0.508 e. The Labute approximate surface area is 162 Å². The van der Waals surface area contributed by atoms with Crippen LogP contribution in [0.15, 0.2) is 83.8 Å². The average molecular weight is 395 g/mol. The standard InChI is InChI=1S/C21H17NO5S/c23-17-8-10-18(11-9-17)28(26,27)22-19-12-6-15(14-21(19)25)7-13-20(24)16-4-2-1-3-5-16/h1-14,22-23,25H/b13-7+. The molecule has 3 aromatic carbocycles. The van der Waals surface area contributed by atoms with Crippen molar-refractivity contribution < 1.29 is 23.4 Å². The van der Waals surface area contributed by atoms with Crippen LogP contribution < -0.4 is 4.72 Å². The molecule has 0 bridgehead atoms. The van der Waals surface area contributed by atoms with Crippen LogP contribution in [0.3, 0.4) is 0 Å². The molecule has 0 aliphatic rings. The van der Waals surface area contributed by atoms with E-state index in [1.54, 1.807) is 30.3 Å². The number of phenolic OH excluding ortho intramolecular Hbond substituents is 2. The highest BCUT2D eigenvalue weighted by molar-refractivity contribution is 7.92. The zero-order valence-electron chi connectivity index (χ0n) is 14.6. The van der Waals surface area contributed by atoms with Crippen LogP contribution in [-0.4, -0.2) is 24.4 Å². The van der Waals surface area contributed by atoms with Gasteiger partial charge in [0.05, 0.1) is 10.6 Å². The van der Waals surface area contributed by atoms with Gasteiger partial charge in [0.15, 0.2) is 5.78 Å². The number of nitrogens with one attached hydrogen (secondary N) is 1. The van der Waals surface area contributed by atoms with Gasteiger partial charge in [-0.2, -0.15) is 0 Å². The minimum Gasteiger partial charge on any atom is -0.508 e. The van der Waals surface area contributed by atoms with Crippen molar-refractivity contribution in [2.24, 2.45) is 0 Å². The summed E-state index contributed by atoms with van der Waals surface area (Å²) < 4.78 is 27.0. The lowest BCUT2D eigenvalue weighted by atomic mass is 10.1. The molecular formula is C21H17NO5S. The van der Waals surface area contributed by atoms with Crippen molar-refractivity contribution in [3.63, 3.8) is 0 Å². The molecule has 6 nitrogen and oxygen atoms in total. The van der Waals surface area contributed by atoms with E-state index in [0.717, 1.165) is 0 Å². The number of carbonyl (C=O) groups is 1. The number of aromatic hydroxyl groups is 2. The Balaban J connectivity index is 1.76. The molecule has 28 heavy (non-hydrogen) atoms. The first-order valence-corrected chi connectivity index (χ1v) is 9.76. The van der Waals surface area contributed by atoms with Gasteiger partial charge in [-0.25, -0.2) is 8.42 Å². The molecule has 0 saturated heterocycles. The molecule has 0 radical (unpaired) electrons. The van der Waals surface area contributed by atoms with Gasteiger partial charge in [-0.3, -0.25) is 9.52 Å². The minimum atomic E-state index is -3.92. The SMILES string of the molecule is O=C(/C=C/c1ccc(NS(=O)(=O)c2ccc(O)cc2)c(O)c1)c1ccccc1. The molecule has 3 rings (SSSR count). The Morgan fingerprint density at radius 3 is 2.21 bits per heavy atom. The summed E-state index contributed by atoms with van der Waals surface area (Å²) >= 11 is 0. The van der Waals surface area contributed by atoms with Gasteiger partial charge >= 0.3 is 0 Å². The van der Waals surface area contributed by atoms with Gasteiger partial charge in [0.1, 0.15) is 11.5 Å². The molecule has 0 aliphatic heterocycles. The summed E-state index contributed by atoms with van der Waals surface area (Å²) in [4.78, 5) is 12.0. The van der Waals surface area contributed by atoms with Crippen molar-refractivity contribution >= 4 is 27.6 Å². The lowest BCUT2D eigenvalue weighted by molar-refractivity contribution is 0.104. The number of sulfonamides is 1. The van der Waals surface area contributed by atoms with Crippen LogP contribution in [-0.2, 0) is 10.0 Å². The fraction of sp³-hybridized carbons (Fsp3) is 0. The third kappa shape index (κ3) is 4.57. The molecule has 0 fully saturated rings. The first-order valence-electron chi connectivity index (χ1n) is 8.27. The molecule has 0 amide bonds. The van der Waals surface area contributed by atoms with Gasteiger partial charge in [-0.05, 0) is 48.0 Å². The molecule has 142 valence electrons. The quantitative estimate of drug-likeness (QED) is 0.335. The molecule has 0 aliphatic carbocycles. The van der Waals surface area contributed by atoms with E-state index in [-0.39, 0.29) is 27.9 Å². The zero-order chi connectivity index (χ0) is 20.1. The number of allylic oxidation sites excluding steroid dienone is 1. The second-order valence-electron chi connectivity index (χ2n) is 5.94. The van der Waals surface area contributed by atoms with Crippen molar-refractivity contribution in [3.8, 4) is 11.5 Å². The highest BCUT2D eigenvalue weighted by atomic mass is 32.2. The first kappa shape index (κ1) is 19.2. The topological polar surface area (TPSA) is 104 Å². The summed E-state index contributed by atoms with van der Waals surface area (Å²) in [6.45, 7) is 0. The van der Waals surface area contributed by atoms with Crippen molar-refractivity contribution in [1.29, 1.82) is 0 Å². The Morgan fingerprint density at radius 1 is 0.893 bits per heavy atom. The van der Waals surface area contributed by atoms with Gasteiger partial charge in [-0.1, -0.05) is 42.5 Å². The maximum absolute atomic E-state index is 12.4. The smallest absolute Gasteiger partial charge is 0.262 e. The van der Waals surface area contributed by atoms with Crippen molar-refractivity contribution in [2.45, 2.75) is 4.90 Å². The van der Waals surface area contributed by atoms with Gasteiger partial charge in [0.2, 0.25) is 0 Å². The van der Waals surface area contributed by atoms with Crippen LogP contribution in [0.4, 0.5) is 5.69 Å². The summed E-state index contributed by atoms with van der Waals surface area (Å²) in [7, 11) is -3.92. The van der Waals surface area contributed by atoms with E-state index in [0.29, 0.717) is 11.1 Å². The van der Waals surface area contributed by atoms with E-state index in [1.165, 1.54) is 48.6 Å². The van der Waals surface area contributed by atoms with Gasteiger partial charge in [-0.15, -0.1) is 0 Å². The van der Waals surface area contributed by atoms with E-state index in [1.807, 2.05) is 6.07 Å². The normalized spacial score (nSPS) is 11.4. The molecule has 0 unspecified atom stereocenters. The molecule has 0 aromatic heterocycles. The summed E-state index contributed by atoms with van der Waals surface area (Å²) in [6.07, 6.45) is 2.91. The number of benzene rings is 3. The predicted octanol–water partition coefficient (Wildman–Crippen LogP) is 3.79.